The van der Waals surface area contributed by atoms with Gasteiger partial charge in [-0.1, -0.05) is 115 Å². The quantitative estimate of drug-likeness (QED) is 0.0226. The summed E-state index contributed by atoms with van der Waals surface area (Å²) in [5, 5.41) is 0. The van der Waals surface area contributed by atoms with E-state index in [2.05, 4.69) is 50.3 Å². The van der Waals surface area contributed by atoms with Crippen molar-refractivity contribution in [3.05, 3.63) is 36.5 Å². The maximum Gasteiger partial charge on any atom is 0.472 e. The van der Waals surface area contributed by atoms with Gasteiger partial charge >= 0.3 is 19.8 Å². The molecule has 2 unspecified atom stereocenters. The van der Waals surface area contributed by atoms with Gasteiger partial charge in [0.1, 0.15) is 19.8 Å². The van der Waals surface area contributed by atoms with Crippen LogP contribution in [-0.4, -0.2) is 74.9 Å². The van der Waals surface area contributed by atoms with Crippen LogP contribution in [-0.2, 0) is 32.7 Å². The van der Waals surface area contributed by atoms with Gasteiger partial charge in [0.25, 0.3) is 0 Å². The summed E-state index contributed by atoms with van der Waals surface area (Å²) < 4.78 is 34.1. The molecule has 0 saturated carbocycles. The molecule has 0 radical (unpaired) electrons. The first-order valence-corrected chi connectivity index (χ1v) is 21.2. The number of rotatable bonds is 35. The molecule has 0 amide bonds. The highest BCUT2D eigenvalue weighted by molar-refractivity contribution is 7.47. The molecule has 0 aliphatic heterocycles. The van der Waals surface area contributed by atoms with Crippen molar-refractivity contribution in [2.45, 2.75) is 161 Å². The number of ether oxygens (including phenoxy) is 2. The molecule has 1 N–H and O–H groups in total. The lowest BCUT2D eigenvalue weighted by Crippen LogP contribution is -2.37. The highest BCUT2D eigenvalue weighted by Crippen LogP contribution is 2.43. The number of hydrogen-bond acceptors (Lipinski definition) is 7. The minimum absolute atomic E-state index is 0.0270. The van der Waals surface area contributed by atoms with E-state index in [0.29, 0.717) is 17.4 Å². The van der Waals surface area contributed by atoms with Crippen LogP contribution in [0.1, 0.15) is 155 Å². The summed E-state index contributed by atoms with van der Waals surface area (Å²) >= 11 is 0. The number of carbonyl (C=O) groups is 2. The van der Waals surface area contributed by atoms with Gasteiger partial charge in [0, 0.05) is 12.8 Å². The number of quaternary nitrogens is 1. The fourth-order valence-electron chi connectivity index (χ4n) is 4.99. The average Bonchev–Trinajstić information content (AvgIpc) is 3.06. The van der Waals surface area contributed by atoms with Crippen LogP contribution in [0.2, 0.25) is 0 Å². The van der Waals surface area contributed by atoms with E-state index < -0.39 is 26.5 Å². The maximum absolute atomic E-state index is 12.6. The van der Waals surface area contributed by atoms with E-state index in [1.807, 2.05) is 21.1 Å². The van der Waals surface area contributed by atoms with Gasteiger partial charge in [-0.15, -0.1) is 0 Å². The molecule has 9 nitrogen and oxygen atoms in total. The minimum atomic E-state index is -4.37. The lowest BCUT2D eigenvalue weighted by atomic mass is 10.1. The number of esters is 2. The normalized spacial score (nSPS) is 14.1. The Hall–Kier alpha value is -1.77. The minimum Gasteiger partial charge on any atom is -0.462 e. The highest BCUT2D eigenvalue weighted by Gasteiger charge is 2.27. The lowest BCUT2D eigenvalue weighted by molar-refractivity contribution is -0.870. The van der Waals surface area contributed by atoms with Crippen LogP contribution in [0.5, 0.6) is 0 Å². The molecule has 0 rings (SSSR count). The van der Waals surface area contributed by atoms with Crippen LogP contribution in [0.4, 0.5) is 0 Å². The van der Waals surface area contributed by atoms with Gasteiger partial charge in [0.15, 0.2) is 6.10 Å². The topological polar surface area (TPSA) is 108 Å². The van der Waals surface area contributed by atoms with Crippen molar-refractivity contribution in [3.8, 4) is 0 Å². The van der Waals surface area contributed by atoms with E-state index in [9.17, 15) is 19.0 Å². The number of carbonyl (C=O) groups excluding carboxylic acids is 2. The van der Waals surface area contributed by atoms with Gasteiger partial charge in [-0.2, -0.15) is 0 Å². The lowest BCUT2D eigenvalue weighted by Gasteiger charge is -2.24. The largest absolute Gasteiger partial charge is 0.472 e. The standard InChI is InChI=1S/C40H74NO8P/c1-6-8-10-12-14-16-18-20-22-24-26-28-30-32-39(42)46-36-38(37-48-50(44,45)47-35-34-41(3,4)5)49-40(43)33-31-29-27-25-23-21-19-17-15-13-11-9-7-2/h11,13,16-19,38H,6-10,12,14-15,20-37H2,1-5H3/p+1/b13-11-,18-16-,19-17-. The monoisotopic (exact) mass is 729 g/mol. The third kappa shape index (κ3) is 36.0. The Morgan fingerprint density at radius 1 is 0.620 bits per heavy atom. The molecule has 50 heavy (non-hydrogen) atoms. The second kappa shape index (κ2) is 33.1. The molecule has 0 aromatic rings. The molecule has 2 atom stereocenters. The summed E-state index contributed by atoms with van der Waals surface area (Å²) in [5.74, 6) is -0.829. The van der Waals surface area contributed by atoms with E-state index >= 15 is 0 Å². The molecule has 0 aliphatic carbocycles. The Morgan fingerprint density at radius 3 is 1.68 bits per heavy atom. The third-order valence-corrected chi connectivity index (χ3v) is 9.11. The summed E-state index contributed by atoms with van der Waals surface area (Å²) in [5.41, 5.74) is 0. The molecule has 0 spiro atoms. The fraction of sp³-hybridized carbons (Fsp3) is 0.800. The Bertz CT molecular complexity index is 959. The zero-order valence-electron chi connectivity index (χ0n) is 32.6. The first kappa shape index (κ1) is 48.2. The van der Waals surface area contributed by atoms with Gasteiger partial charge in [-0.25, -0.2) is 4.57 Å². The van der Waals surface area contributed by atoms with E-state index in [1.165, 1.54) is 38.5 Å². The van der Waals surface area contributed by atoms with Crippen LogP contribution in [0, 0.1) is 0 Å². The second-order valence-corrected chi connectivity index (χ2v) is 15.8. The average molecular weight is 729 g/mol. The summed E-state index contributed by atoms with van der Waals surface area (Å²) in [6.07, 6.45) is 34.7. The zero-order chi connectivity index (χ0) is 37.2. The molecule has 0 saturated heterocycles. The summed E-state index contributed by atoms with van der Waals surface area (Å²) in [6.45, 7) is 4.29. The van der Waals surface area contributed by atoms with Gasteiger partial charge in [0.05, 0.1) is 27.7 Å². The Labute approximate surface area is 306 Å². The molecular weight excluding hydrogens is 653 g/mol. The predicted molar refractivity (Wildman–Crippen MR) is 206 cm³/mol. The van der Waals surface area contributed by atoms with Crippen molar-refractivity contribution < 1.29 is 42.1 Å². The van der Waals surface area contributed by atoms with Crippen LogP contribution in [0.3, 0.4) is 0 Å². The number of phosphoric ester groups is 1. The van der Waals surface area contributed by atoms with Crippen LogP contribution in [0.15, 0.2) is 36.5 Å². The number of unbranched alkanes of at least 4 members (excludes halogenated alkanes) is 15. The first-order valence-electron chi connectivity index (χ1n) is 19.7. The van der Waals surface area contributed by atoms with Crippen molar-refractivity contribution in [1.29, 1.82) is 0 Å². The molecule has 0 bridgehead atoms. The third-order valence-electron chi connectivity index (χ3n) is 8.12. The molecule has 0 fully saturated rings. The Kier molecular flexibility index (Phi) is 31.9. The highest BCUT2D eigenvalue weighted by atomic mass is 31.2. The van der Waals surface area contributed by atoms with Crippen LogP contribution in [0.25, 0.3) is 0 Å². The molecule has 292 valence electrons. The van der Waals surface area contributed by atoms with Crippen molar-refractivity contribution in [3.63, 3.8) is 0 Å². The van der Waals surface area contributed by atoms with Crippen molar-refractivity contribution >= 4 is 19.8 Å². The van der Waals surface area contributed by atoms with E-state index in [1.54, 1.807) is 0 Å². The van der Waals surface area contributed by atoms with Crippen molar-refractivity contribution in [1.82, 2.24) is 0 Å². The molecular formula is C40H75NO8P+. The van der Waals surface area contributed by atoms with Crippen molar-refractivity contribution in [2.24, 2.45) is 0 Å². The van der Waals surface area contributed by atoms with Crippen LogP contribution >= 0.6 is 7.82 Å². The summed E-state index contributed by atoms with van der Waals surface area (Å²) in [7, 11) is 1.46. The fourth-order valence-corrected chi connectivity index (χ4v) is 5.73. The number of nitrogens with zero attached hydrogens (tertiary/aromatic N) is 1. The second-order valence-electron chi connectivity index (χ2n) is 14.3. The van der Waals surface area contributed by atoms with Gasteiger partial charge in [-0.05, 0) is 64.2 Å². The summed E-state index contributed by atoms with van der Waals surface area (Å²) in [6, 6.07) is 0. The summed E-state index contributed by atoms with van der Waals surface area (Å²) in [4.78, 5) is 35.2. The molecule has 0 aromatic heterocycles. The smallest absolute Gasteiger partial charge is 0.462 e. The SMILES string of the molecule is CCC/C=C\C/C=C\CCCCCCCC(=O)OC(COC(=O)CCCCCCC/C=C\CCCCCC)COP(=O)(O)OCC[N+](C)(C)C. The number of phosphoric acid groups is 1. The number of allylic oxidation sites excluding steroid dienone is 6. The predicted octanol–water partition coefficient (Wildman–Crippen LogP) is 10.6. The molecule has 0 heterocycles. The number of likely N-dealkylation sites (N-methyl/N-ethyl adjacent to an activating group) is 1. The van der Waals surface area contributed by atoms with E-state index in [4.69, 9.17) is 18.5 Å². The van der Waals surface area contributed by atoms with E-state index in [-0.39, 0.29) is 32.0 Å². The molecule has 0 aliphatic rings. The number of hydrogen-bond donors (Lipinski definition) is 1. The molecule has 10 heteroatoms. The van der Waals surface area contributed by atoms with E-state index in [0.717, 1.165) is 83.5 Å². The van der Waals surface area contributed by atoms with Gasteiger partial charge in [-0.3, -0.25) is 18.6 Å². The van der Waals surface area contributed by atoms with Gasteiger partial charge < -0.3 is 18.9 Å². The molecule has 0 aromatic carbocycles. The maximum atomic E-state index is 12.6. The first-order chi connectivity index (χ1) is 24.0. The van der Waals surface area contributed by atoms with Crippen LogP contribution < -0.4 is 0 Å². The zero-order valence-corrected chi connectivity index (χ0v) is 33.5. The van der Waals surface area contributed by atoms with Crippen molar-refractivity contribution in [2.75, 3.05) is 47.5 Å². The Morgan fingerprint density at radius 2 is 1.12 bits per heavy atom. The van der Waals surface area contributed by atoms with Gasteiger partial charge in [0.2, 0.25) is 0 Å². The Balaban J connectivity index is 4.47.